The lowest BCUT2D eigenvalue weighted by atomic mass is 9.75. The summed E-state index contributed by atoms with van der Waals surface area (Å²) >= 11 is 0. The Bertz CT molecular complexity index is 1140. The molecule has 1 fully saturated rings. The Morgan fingerprint density at radius 2 is 2.09 bits per heavy atom. The van der Waals surface area contributed by atoms with Crippen molar-refractivity contribution in [1.29, 1.82) is 0 Å². The maximum Gasteiger partial charge on any atom is 0.295 e. The first-order valence-electron chi connectivity index (χ1n) is 11.8. The second kappa shape index (κ2) is 8.94. The molecule has 1 aromatic heterocycles. The van der Waals surface area contributed by atoms with Crippen LogP contribution >= 0.6 is 0 Å². The quantitative estimate of drug-likeness (QED) is 0.456. The third kappa shape index (κ3) is 4.49. The highest BCUT2D eigenvalue weighted by molar-refractivity contribution is 6.00. The Labute approximate surface area is 199 Å². The Morgan fingerprint density at radius 1 is 1.35 bits per heavy atom. The van der Waals surface area contributed by atoms with Gasteiger partial charge in [0.25, 0.3) is 11.6 Å². The van der Waals surface area contributed by atoms with Crippen LogP contribution in [0.25, 0.3) is 5.69 Å². The highest BCUT2D eigenvalue weighted by Gasteiger charge is 2.40. The molecule has 1 amide bonds. The monoisotopic (exact) mass is 468 g/mol. The van der Waals surface area contributed by atoms with E-state index in [1.165, 1.54) is 10.7 Å². The molecule has 4 rings (SSSR count). The molecule has 0 saturated carbocycles. The van der Waals surface area contributed by atoms with Crippen molar-refractivity contribution >= 4 is 17.4 Å². The Hall–Kier alpha value is -3.07. The topological polar surface area (TPSA) is 108 Å². The van der Waals surface area contributed by atoms with E-state index in [1.807, 2.05) is 27.7 Å². The van der Waals surface area contributed by atoms with Crippen LogP contribution in [-0.2, 0) is 11.2 Å². The lowest BCUT2D eigenvalue weighted by Crippen LogP contribution is -2.30. The molecule has 0 spiro atoms. The van der Waals surface area contributed by atoms with Gasteiger partial charge in [-0.3, -0.25) is 19.7 Å². The largest absolute Gasteiger partial charge is 0.372 e. The number of carbonyl (C=O) groups excluding carboxylic acids is 2. The van der Waals surface area contributed by atoms with Crippen LogP contribution in [-0.4, -0.2) is 51.5 Å². The van der Waals surface area contributed by atoms with Crippen LogP contribution in [0.3, 0.4) is 0 Å². The number of benzene rings is 1. The van der Waals surface area contributed by atoms with E-state index in [1.54, 1.807) is 24.1 Å². The molecule has 0 N–H and O–H groups in total. The summed E-state index contributed by atoms with van der Waals surface area (Å²) < 4.78 is 7.37. The van der Waals surface area contributed by atoms with Gasteiger partial charge >= 0.3 is 0 Å². The molecular weight excluding hydrogens is 436 g/mol. The summed E-state index contributed by atoms with van der Waals surface area (Å²) in [4.78, 5) is 39.2. The Morgan fingerprint density at radius 3 is 2.71 bits per heavy atom. The highest BCUT2D eigenvalue weighted by atomic mass is 16.6. The van der Waals surface area contributed by atoms with Crippen LogP contribution in [0.4, 0.5) is 5.69 Å². The first-order chi connectivity index (χ1) is 16.0. The third-order valence-electron chi connectivity index (χ3n) is 6.44. The molecule has 1 atom stereocenters. The first kappa shape index (κ1) is 24.1. The van der Waals surface area contributed by atoms with Gasteiger partial charge in [0.2, 0.25) is 0 Å². The maximum atomic E-state index is 13.2. The lowest BCUT2D eigenvalue weighted by Gasteiger charge is -2.29. The normalized spacial score (nSPS) is 19.4. The van der Waals surface area contributed by atoms with E-state index in [-0.39, 0.29) is 46.1 Å². The van der Waals surface area contributed by atoms with Crippen molar-refractivity contribution in [3.05, 3.63) is 50.8 Å². The van der Waals surface area contributed by atoms with Gasteiger partial charge in [0.1, 0.15) is 17.5 Å². The van der Waals surface area contributed by atoms with Crippen LogP contribution in [0, 0.1) is 21.4 Å². The number of ketones is 1. The maximum absolute atomic E-state index is 13.2. The van der Waals surface area contributed by atoms with Gasteiger partial charge in [0, 0.05) is 38.2 Å². The van der Waals surface area contributed by atoms with Gasteiger partial charge in [-0.25, -0.2) is 4.68 Å². The van der Waals surface area contributed by atoms with Crippen molar-refractivity contribution in [1.82, 2.24) is 14.7 Å². The Balaban J connectivity index is 1.84. The minimum absolute atomic E-state index is 0.00670. The standard InChI is InChI=1S/C25H32N4O5/c1-15(2)14-27(5)24(31)16-8-9-17(18(11-16)29(32)33)28-19-12-25(3,4)13-20(30)22(19)23(26-28)21-7-6-10-34-21/h8-9,11,15,21H,6-7,10,12-14H2,1-5H3. The number of carbonyl (C=O) groups is 2. The predicted molar refractivity (Wildman–Crippen MR) is 126 cm³/mol. The van der Waals surface area contributed by atoms with E-state index in [4.69, 9.17) is 9.84 Å². The summed E-state index contributed by atoms with van der Waals surface area (Å²) in [5, 5.41) is 16.8. The minimum Gasteiger partial charge on any atom is -0.372 e. The molecule has 9 nitrogen and oxygen atoms in total. The molecule has 182 valence electrons. The van der Waals surface area contributed by atoms with Gasteiger partial charge in [0.05, 0.1) is 16.2 Å². The third-order valence-corrected chi connectivity index (χ3v) is 6.44. The van der Waals surface area contributed by atoms with Crippen molar-refractivity contribution in [2.45, 2.75) is 59.5 Å². The smallest absolute Gasteiger partial charge is 0.295 e. The zero-order valence-electron chi connectivity index (χ0n) is 20.5. The summed E-state index contributed by atoms with van der Waals surface area (Å²) in [5.41, 5.74) is 1.76. The van der Waals surface area contributed by atoms with Crippen LogP contribution in [0.5, 0.6) is 0 Å². The first-order valence-corrected chi connectivity index (χ1v) is 11.8. The number of aromatic nitrogens is 2. The van der Waals surface area contributed by atoms with E-state index in [0.717, 1.165) is 12.8 Å². The van der Waals surface area contributed by atoms with Gasteiger partial charge in [-0.1, -0.05) is 27.7 Å². The van der Waals surface area contributed by atoms with Gasteiger partial charge in [-0.15, -0.1) is 0 Å². The summed E-state index contributed by atoms with van der Waals surface area (Å²) in [5.74, 6) is -0.00844. The highest BCUT2D eigenvalue weighted by Crippen LogP contribution is 2.42. The number of hydrogen-bond acceptors (Lipinski definition) is 6. The molecule has 1 aromatic carbocycles. The number of ether oxygens (including phenoxy) is 1. The molecule has 1 aliphatic heterocycles. The Kier molecular flexibility index (Phi) is 6.33. The van der Waals surface area contributed by atoms with E-state index >= 15 is 0 Å². The fourth-order valence-electron chi connectivity index (χ4n) is 5.03. The summed E-state index contributed by atoms with van der Waals surface area (Å²) in [7, 11) is 1.69. The molecule has 1 unspecified atom stereocenters. The van der Waals surface area contributed by atoms with E-state index in [2.05, 4.69) is 0 Å². The number of rotatable bonds is 6. The zero-order valence-corrected chi connectivity index (χ0v) is 20.5. The second-order valence-electron chi connectivity index (χ2n) is 10.6. The fraction of sp³-hybridized carbons (Fsp3) is 0.560. The van der Waals surface area contributed by atoms with Crippen LogP contribution in [0.2, 0.25) is 0 Å². The van der Waals surface area contributed by atoms with Crippen molar-refractivity contribution < 1.29 is 19.2 Å². The van der Waals surface area contributed by atoms with Gasteiger partial charge in [0.15, 0.2) is 5.78 Å². The number of amides is 1. The number of nitro benzene ring substituents is 1. The second-order valence-corrected chi connectivity index (χ2v) is 10.6. The molecule has 1 aliphatic carbocycles. The zero-order chi connectivity index (χ0) is 24.8. The number of nitro groups is 1. The number of fused-ring (bicyclic) bond motifs is 1. The molecule has 2 aliphatic rings. The van der Waals surface area contributed by atoms with Crippen molar-refractivity contribution in [2.75, 3.05) is 20.2 Å². The van der Waals surface area contributed by atoms with Crippen LogP contribution in [0.1, 0.15) is 85.2 Å². The molecule has 2 heterocycles. The van der Waals surface area contributed by atoms with Gasteiger partial charge in [-0.2, -0.15) is 5.10 Å². The summed E-state index contributed by atoms with van der Waals surface area (Å²) in [6, 6.07) is 4.47. The van der Waals surface area contributed by atoms with Crippen molar-refractivity contribution in [3.63, 3.8) is 0 Å². The van der Waals surface area contributed by atoms with Gasteiger partial charge in [-0.05, 0) is 42.7 Å². The number of Topliss-reactive ketones (excluding diaryl/α,β-unsaturated/α-hetero) is 1. The molecule has 0 bridgehead atoms. The van der Waals surface area contributed by atoms with Crippen molar-refractivity contribution in [2.24, 2.45) is 11.3 Å². The van der Waals surface area contributed by atoms with Gasteiger partial charge < -0.3 is 9.64 Å². The van der Waals surface area contributed by atoms with E-state index in [9.17, 15) is 19.7 Å². The molecule has 9 heteroatoms. The van der Waals surface area contributed by atoms with Crippen LogP contribution in [0.15, 0.2) is 18.2 Å². The molecule has 34 heavy (non-hydrogen) atoms. The number of hydrogen-bond donors (Lipinski definition) is 0. The fourth-order valence-corrected chi connectivity index (χ4v) is 5.03. The minimum atomic E-state index is -0.496. The number of nitrogens with zero attached hydrogens (tertiary/aromatic N) is 4. The molecule has 1 saturated heterocycles. The predicted octanol–water partition coefficient (Wildman–Crippen LogP) is 4.52. The summed E-state index contributed by atoms with van der Waals surface area (Å²) in [6.07, 6.45) is 2.31. The lowest BCUT2D eigenvalue weighted by molar-refractivity contribution is -0.384. The average molecular weight is 469 g/mol. The van der Waals surface area contributed by atoms with Crippen molar-refractivity contribution in [3.8, 4) is 5.69 Å². The molecule has 2 aromatic rings. The average Bonchev–Trinajstić information content (AvgIpc) is 3.39. The van der Waals surface area contributed by atoms with E-state index < -0.39 is 4.92 Å². The van der Waals surface area contributed by atoms with E-state index in [0.29, 0.717) is 42.9 Å². The van der Waals surface area contributed by atoms with Crippen LogP contribution < -0.4 is 0 Å². The molecular formula is C25H32N4O5. The summed E-state index contributed by atoms with van der Waals surface area (Å²) in [6.45, 7) is 9.18. The SMILES string of the molecule is CC(C)CN(C)C(=O)c1ccc(-n2nc(C3CCCO3)c3c2CC(C)(C)CC3=O)c([N+](=O)[O-])c1. The molecule has 0 radical (unpaired) electrons.